The minimum Gasteiger partial charge on any atom is -0.369 e. The lowest BCUT2D eigenvalue weighted by Gasteiger charge is -2.34. The monoisotopic (exact) mass is 303 g/mol. The van der Waals surface area contributed by atoms with Crippen LogP contribution in [0.4, 0.5) is 5.69 Å². The van der Waals surface area contributed by atoms with Gasteiger partial charge in [-0.25, -0.2) is 0 Å². The third-order valence-electron chi connectivity index (χ3n) is 3.83. The lowest BCUT2D eigenvalue weighted by Crippen LogP contribution is -2.38. The van der Waals surface area contributed by atoms with Crippen molar-refractivity contribution in [3.05, 3.63) is 29.3 Å². The molecule has 1 aliphatic rings. The Morgan fingerprint density at radius 2 is 2.29 bits per heavy atom. The van der Waals surface area contributed by atoms with E-state index in [0.29, 0.717) is 11.3 Å². The second-order valence-corrected chi connectivity index (χ2v) is 7.25. The highest BCUT2D eigenvalue weighted by Crippen LogP contribution is 2.28. The summed E-state index contributed by atoms with van der Waals surface area (Å²) in [6, 6.07) is 9.14. The normalized spacial score (nSPS) is 18.8. The van der Waals surface area contributed by atoms with Crippen LogP contribution in [0.3, 0.4) is 0 Å². The Morgan fingerprint density at radius 1 is 1.48 bits per heavy atom. The first-order chi connectivity index (χ1) is 10.1. The number of thioether (sulfide) groups is 1. The zero-order valence-corrected chi connectivity index (χ0v) is 14.0. The van der Waals surface area contributed by atoms with Gasteiger partial charge in [0.1, 0.15) is 6.07 Å². The largest absolute Gasteiger partial charge is 0.369 e. The Morgan fingerprint density at radius 3 is 2.95 bits per heavy atom. The number of nitrogens with zero attached hydrogens (tertiary/aromatic N) is 2. The van der Waals surface area contributed by atoms with Gasteiger partial charge in [-0.05, 0) is 24.1 Å². The molecule has 0 radical (unpaired) electrons. The van der Waals surface area contributed by atoms with Crippen LogP contribution in [0.1, 0.15) is 38.3 Å². The summed E-state index contributed by atoms with van der Waals surface area (Å²) in [4.78, 5) is 2.38. The third-order valence-corrected chi connectivity index (χ3v) is 5.20. The molecule has 0 bridgehead atoms. The lowest BCUT2D eigenvalue weighted by atomic mass is 10.1. The van der Waals surface area contributed by atoms with Crippen LogP contribution in [-0.4, -0.2) is 30.1 Å². The van der Waals surface area contributed by atoms with Crippen molar-refractivity contribution in [2.24, 2.45) is 0 Å². The molecule has 1 fully saturated rings. The molecule has 114 valence electrons. The molecule has 0 aliphatic carbocycles. The molecule has 0 aromatic heterocycles. The molecule has 2 rings (SSSR count). The van der Waals surface area contributed by atoms with Gasteiger partial charge in [-0.1, -0.05) is 26.8 Å². The highest BCUT2D eigenvalue weighted by atomic mass is 32.2. The van der Waals surface area contributed by atoms with Crippen LogP contribution in [0.2, 0.25) is 0 Å². The van der Waals surface area contributed by atoms with E-state index in [4.69, 9.17) is 0 Å². The Bertz CT molecular complexity index is 507. The molecule has 1 aromatic rings. The van der Waals surface area contributed by atoms with Crippen molar-refractivity contribution < 1.29 is 0 Å². The molecule has 1 N–H and O–H groups in total. The van der Waals surface area contributed by atoms with Gasteiger partial charge in [0.25, 0.3) is 0 Å². The van der Waals surface area contributed by atoms with Crippen LogP contribution in [0.5, 0.6) is 0 Å². The minimum atomic E-state index is 0.458. The molecule has 0 spiro atoms. The summed E-state index contributed by atoms with van der Waals surface area (Å²) in [7, 11) is 0. The third kappa shape index (κ3) is 4.39. The van der Waals surface area contributed by atoms with Crippen LogP contribution in [0.25, 0.3) is 0 Å². The number of benzene rings is 1. The predicted molar refractivity (Wildman–Crippen MR) is 91.9 cm³/mol. The quantitative estimate of drug-likeness (QED) is 0.905. The number of hydrogen-bond donors (Lipinski definition) is 1. The van der Waals surface area contributed by atoms with E-state index in [2.05, 4.69) is 61.0 Å². The van der Waals surface area contributed by atoms with Crippen molar-refractivity contribution in [1.29, 1.82) is 5.26 Å². The van der Waals surface area contributed by atoms with E-state index < -0.39 is 0 Å². The summed E-state index contributed by atoms with van der Waals surface area (Å²) in [6.45, 7) is 9.43. The standard InChI is InChI=1S/C17H25N3S/c1-4-16-12-20(7-8-21-16)17-6-5-14(9-15(17)10-18)11-19-13(2)3/h5-6,9,13,16,19H,4,7-8,11-12H2,1-3H3. The highest BCUT2D eigenvalue weighted by molar-refractivity contribution is 8.00. The van der Waals surface area contributed by atoms with Crippen molar-refractivity contribution >= 4 is 17.4 Å². The van der Waals surface area contributed by atoms with E-state index in [0.717, 1.165) is 36.6 Å². The first kappa shape index (κ1) is 16.2. The van der Waals surface area contributed by atoms with Crippen molar-refractivity contribution in [1.82, 2.24) is 5.32 Å². The van der Waals surface area contributed by atoms with Gasteiger partial charge >= 0.3 is 0 Å². The van der Waals surface area contributed by atoms with Crippen LogP contribution < -0.4 is 10.2 Å². The van der Waals surface area contributed by atoms with Gasteiger partial charge in [0.05, 0.1) is 11.3 Å². The summed E-state index contributed by atoms with van der Waals surface area (Å²) in [6.07, 6.45) is 1.19. The van der Waals surface area contributed by atoms with Crippen LogP contribution >= 0.6 is 11.8 Å². The van der Waals surface area contributed by atoms with Crippen molar-refractivity contribution in [3.8, 4) is 6.07 Å². The van der Waals surface area contributed by atoms with Gasteiger partial charge in [0, 0.05) is 36.7 Å². The summed E-state index contributed by atoms with van der Waals surface area (Å²) in [5.74, 6) is 1.15. The Balaban J connectivity index is 2.14. The van der Waals surface area contributed by atoms with E-state index in [9.17, 15) is 5.26 Å². The van der Waals surface area contributed by atoms with Gasteiger partial charge in [-0.3, -0.25) is 0 Å². The molecule has 1 unspecified atom stereocenters. The van der Waals surface area contributed by atoms with Crippen molar-refractivity contribution in [2.45, 2.75) is 45.0 Å². The van der Waals surface area contributed by atoms with Crippen LogP contribution in [0, 0.1) is 11.3 Å². The van der Waals surface area contributed by atoms with Gasteiger partial charge in [-0.15, -0.1) is 0 Å². The Hall–Kier alpha value is -1.18. The molecule has 1 aromatic carbocycles. The van der Waals surface area contributed by atoms with Crippen LogP contribution in [-0.2, 0) is 6.54 Å². The fourth-order valence-electron chi connectivity index (χ4n) is 2.57. The van der Waals surface area contributed by atoms with E-state index in [1.807, 2.05) is 6.07 Å². The van der Waals surface area contributed by atoms with Gasteiger partial charge in [0.15, 0.2) is 0 Å². The lowest BCUT2D eigenvalue weighted by molar-refractivity contribution is 0.589. The topological polar surface area (TPSA) is 39.1 Å². The summed E-state index contributed by atoms with van der Waals surface area (Å²) >= 11 is 2.05. The van der Waals surface area contributed by atoms with Crippen molar-refractivity contribution in [3.63, 3.8) is 0 Å². The Labute approximate surface area is 132 Å². The number of nitrogens with one attached hydrogen (secondary N) is 1. The maximum Gasteiger partial charge on any atom is 0.101 e. The average molecular weight is 303 g/mol. The second-order valence-electron chi connectivity index (χ2n) is 5.85. The van der Waals surface area contributed by atoms with Gasteiger partial charge < -0.3 is 10.2 Å². The maximum atomic E-state index is 9.47. The first-order valence-corrected chi connectivity index (χ1v) is 8.81. The fourth-order valence-corrected chi connectivity index (χ4v) is 3.75. The zero-order valence-electron chi connectivity index (χ0n) is 13.2. The smallest absolute Gasteiger partial charge is 0.101 e. The number of anilines is 1. The van der Waals surface area contributed by atoms with E-state index in [-0.39, 0.29) is 0 Å². The maximum absolute atomic E-state index is 9.47. The molecule has 0 amide bonds. The minimum absolute atomic E-state index is 0.458. The molecule has 3 nitrogen and oxygen atoms in total. The highest BCUT2D eigenvalue weighted by Gasteiger charge is 2.21. The molecular weight excluding hydrogens is 278 g/mol. The van der Waals surface area contributed by atoms with E-state index >= 15 is 0 Å². The number of rotatable bonds is 5. The summed E-state index contributed by atoms with van der Waals surface area (Å²) in [5, 5.41) is 13.6. The summed E-state index contributed by atoms with van der Waals surface area (Å²) < 4.78 is 0. The molecule has 1 aliphatic heterocycles. The molecular formula is C17H25N3S. The van der Waals surface area contributed by atoms with E-state index in [1.54, 1.807) is 0 Å². The Kier molecular flexibility index (Phi) is 5.96. The fraction of sp³-hybridized carbons (Fsp3) is 0.588. The molecule has 1 atom stereocenters. The average Bonchev–Trinajstić information content (AvgIpc) is 2.52. The first-order valence-electron chi connectivity index (χ1n) is 7.77. The zero-order chi connectivity index (χ0) is 15.2. The second kappa shape index (κ2) is 7.72. The molecule has 21 heavy (non-hydrogen) atoms. The van der Waals surface area contributed by atoms with Crippen molar-refractivity contribution in [2.75, 3.05) is 23.7 Å². The number of hydrogen-bond acceptors (Lipinski definition) is 4. The van der Waals surface area contributed by atoms with Crippen LogP contribution in [0.15, 0.2) is 18.2 Å². The molecule has 4 heteroatoms. The molecule has 0 saturated carbocycles. The SMILES string of the molecule is CCC1CN(c2ccc(CNC(C)C)cc2C#N)CCS1. The molecule has 1 saturated heterocycles. The number of nitriles is 1. The van der Waals surface area contributed by atoms with Gasteiger partial charge in [-0.2, -0.15) is 17.0 Å². The molecule has 1 heterocycles. The van der Waals surface area contributed by atoms with Gasteiger partial charge in [0.2, 0.25) is 0 Å². The summed E-state index contributed by atoms with van der Waals surface area (Å²) in [5.41, 5.74) is 3.09. The van der Waals surface area contributed by atoms with E-state index in [1.165, 1.54) is 12.0 Å². The predicted octanol–water partition coefficient (Wildman–Crippen LogP) is 3.39.